The van der Waals surface area contributed by atoms with Gasteiger partial charge in [-0.3, -0.25) is 9.59 Å². The van der Waals surface area contributed by atoms with E-state index in [0.717, 1.165) is 30.3 Å². The predicted octanol–water partition coefficient (Wildman–Crippen LogP) is 2.82. The zero-order valence-electron chi connectivity index (χ0n) is 13.4. The van der Waals surface area contributed by atoms with Crippen molar-refractivity contribution in [1.29, 1.82) is 0 Å². The van der Waals surface area contributed by atoms with Crippen molar-refractivity contribution in [3.63, 3.8) is 0 Å². The maximum Gasteiger partial charge on any atom is 0.335 e. The van der Waals surface area contributed by atoms with Crippen molar-refractivity contribution in [2.24, 2.45) is 0 Å². The lowest BCUT2D eigenvalue weighted by atomic mass is 10.1. The number of halogens is 1. The molecule has 0 saturated carbocycles. The lowest BCUT2D eigenvalue weighted by Crippen LogP contribution is -2.15. The molecule has 8 heteroatoms. The van der Waals surface area contributed by atoms with E-state index >= 15 is 0 Å². The highest BCUT2D eigenvalue weighted by Gasteiger charge is 2.14. The van der Waals surface area contributed by atoms with E-state index in [4.69, 9.17) is 10.2 Å². The first-order valence-electron chi connectivity index (χ1n) is 7.46. The van der Waals surface area contributed by atoms with Gasteiger partial charge in [-0.05, 0) is 42.5 Å². The fourth-order valence-electron chi connectivity index (χ4n) is 2.18. The summed E-state index contributed by atoms with van der Waals surface area (Å²) in [4.78, 5) is 46.0. The molecule has 0 fully saturated rings. The fraction of sp³-hybridized carbons (Fsp3) is 0.111. The SMILES string of the molecule is O=C(CCC(=O)c1ccc(F)cc1)Nc1cc(C(=O)O)cc(C(=O)O)c1. The fourth-order valence-corrected chi connectivity index (χ4v) is 2.18. The molecule has 2 aromatic rings. The number of ketones is 1. The lowest BCUT2D eigenvalue weighted by molar-refractivity contribution is -0.116. The number of amides is 1. The van der Waals surface area contributed by atoms with Gasteiger partial charge < -0.3 is 15.5 Å². The summed E-state index contributed by atoms with van der Waals surface area (Å²) in [6.07, 6.45) is -0.336. The Balaban J connectivity index is 2.03. The van der Waals surface area contributed by atoms with Gasteiger partial charge >= 0.3 is 11.9 Å². The van der Waals surface area contributed by atoms with Crippen LogP contribution in [0.3, 0.4) is 0 Å². The Kier molecular flexibility index (Phi) is 5.79. The molecular formula is C18H14FNO6. The van der Waals surface area contributed by atoms with Crippen LogP contribution in [0.15, 0.2) is 42.5 Å². The molecule has 0 aromatic heterocycles. The summed E-state index contributed by atoms with van der Waals surface area (Å²) in [5.41, 5.74) is -0.313. The molecular weight excluding hydrogens is 345 g/mol. The van der Waals surface area contributed by atoms with Crippen LogP contribution in [0, 0.1) is 5.82 Å². The van der Waals surface area contributed by atoms with Crippen LogP contribution in [-0.4, -0.2) is 33.8 Å². The van der Waals surface area contributed by atoms with Crippen LogP contribution < -0.4 is 5.32 Å². The quantitative estimate of drug-likeness (QED) is 0.654. The summed E-state index contributed by atoms with van der Waals surface area (Å²) in [7, 11) is 0. The van der Waals surface area contributed by atoms with E-state index in [0.29, 0.717) is 0 Å². The number of carbonyl (C=O) groups excluding carboxylic acids is 2. The molecule has 1 amide bonds. The van der Waals surface area contributed by atoms with Crippen molar-refractivity contribution in [2.75, 3.05) is 5.32 Å². The monoisotopic (exact) mass is 359 g/mol. The normalized spacial score (nSPS) is 10.2. The van der Waals surface area contributed by atoms with Crippen LogP contribution in [0.4, 0.5) is 10.1 Å². The van der Waals surface area contributed by atoms with Crippen molar-refractivity contribution >= 4 is 29.3 Å². The molecule has 0 radical (unpaired) electrons. The Morgan fingerprint density at radius 1 is 0.808 bits per heavy atom. The largest absolute Gasteiger partial charge is 0.478 e. The number of anilines is 1. The Labute approximate surface area is 147 Å². The van der Waals surface area contributed by atoms with Gasteiger partial charge in [-0.15, -0.1) is 0 Å². The Bertz CT molecular complexity index is 844. The first kappa shape index (κ1) is 18.8. The van der Waals surface area contributed by atoms with Crippen molar-refractivity contribution in [3.05, 3.63) is 65.0 Å². The van der Waals surface area contributed by atoms with E-state index in [-0.39, 0.29) is 41.0 Å². The number of hydrogen-bond donors (Lipinski definition) is 3. The van der Waals surface area contributed by atoms with Gasteiger partial charge in [0.25, 0.3) is 0 Å². The minimum absolute atomic E-state index is 0.00142. The Morgan fingerprint density at radius 2 is 1.35 bits per heavy atom. The van der Waals surface area contributed by atoms with Gasteiger partial charge in [0.2, 0.25) is 5.91 Å². The number of rotatable bonds is 7. The summed E-state index contributed by atoms with van der Waals surface area (Å²) in [6, 6.07) is 8.10. The van der Waals surface area contributed by atoms with Crippen molar-refractivity contribution in [1.82, 2.24) is 0 Å². The number of hydrogen-bond acceptors (Lipinski definition) is 4. The van der Waals surface area contributed by atoms with Gasteiger partial charge in [0.05, 0.1) is 11.1 Å². The Hall–Kier alpha value is -3.55. The minimum atomic E-state index is -1.34. The number of aromatic carboxylic acids is 2. The molecule has 7 nitrogen and oxygen atoms in total. The molecule has 0 bridgehead atoms. The van der Waals surface area contributed by atoms with Crippen LogP contribution in [0.1, 0.15) is 43.9 Å². The summed E-state index contributed by atoms with van der Waals surface area (Å²) in [5, 5.41) is 20.4. The molecule has 2 aromatic carbocycles. The van der Waals surface area contributed by atoms with E-state index in [1.54, 1.807) is 0 Å². The van der Waals surface area contributed by atoms with Crippen LogP contribution in [0.2, 0.25) is 0 Å². The average molecular weight is 359 g/mol. The van der Waals surface area contributed by atoms with Gasteiger partial charge in [0, 0.05) is 24.1 Å². The highest BCUT2D eigenvalue weighted by Crippen LogP contribution is 2.16. The third kappa shape index (κ3) is 4.97. The molecule has 0 spiro atoms. The van der Waals surface area contributed by atoms with Crippen LogP contribution in [0.5, 0.6) is 0 Å². The molecule has 0 aliphatic rings. The van der Waals surface area contributed by atoms with Crippen LogP contribution in [0.25, 0.3) is 0 Å². The number of benzene rings is 2. The number of Topliss-reactive ketones (excluding diaryl/α,β-unsaturated/α-hetero) is 1. The summed E-state index contributed by atoms with van der Waals surface area (Å²) < 4.78 is 12.8. The Morgan fingerprint density at radius 3 is 1.85 bits per heavy atom. The van der Waals surface area contributed by atoms with Gasteiger partial charge in [-0.2, -0.15) is 0 Å². The zero-order valence-corrected chi connectivity index (χ0v) is 13.4. The molecule has 0 atom stereocenters. The topological polar surface area (TPSA) is 121 Å². The van der Waals surface area contributed by atoms with Crippen LogP contribution in [-0.2, 0) is 4.79 Å². The average Bonchev–Trinajstić information content (AvgIpc) is 2.59. The second-order valence-electron chi connectivity index (χ2n) is 5.39. The van der Waals surface area contributed by atoms with Gasteiger partial charge in [0.15, 0.2) is 5.78 Å². The molecule has 3 N–H and O–H groups in total. The molecule has 2 rings (SSSR count). The van der Waals surface area contributed by atoms with Crippen molar-refractivity contribution in [2.45, 2.75) is 12.8 Å². The van der Waals surface area contributed by atoms with Crippen molar-refractivity contribution in [3.8, 4) is 0 Å². The smallest absolute Gasteiger partial charge is 0.335 e. The maximum absolute atomic E-state index is 12.8. The third-order valence-corrected chi connectivity index (χ3v) is 3.46. The van der Waals surface area contributed by atoms with Gasteiger partial charge in [0.1, 0.15) is 5.82 Å². The van der Waals surface area contributed by atoms with Crippen LogP contribution >= 0.6 is 0 Å². The second kappa shape index (κ2) is 8.02. The predicted molar refractivity (Wildman–Crippen MR) is 89.0 cm³/mol. The number of carboxylic acids is 2. The van der Waals surface area contributed by atoms with E-state index in [9.17, 15) is 23.6 Å². The van der Waals surface area contributed by atoms with Gasteiger partial charge in [-0.25, -0.2) is 14.0 Å². The van der Waals surface area contributed by atoms with E-state index < -0.39 is 23.7 Å². The van der Waals surface area contributed by atoms with E-state index in [1.807, 2.05) is 0 Å². The van der Waals surface area contributed by atoms with E-state index in [1.165, 1.54) is 12.1 Å². The summed E-state index contributed by atoms with van der Waals surface area (Å²) in [6.45, 7) is 0. The number of nitrogens with one attached hydrogen (secondary N) is 1. The highest BCUT2D eigenvalue weighted by atomic mass is 19.1. The third-order valence-electron chi connectivity index (χ3n) is 3.46. The summed E-state index contributed by atoms with van der Waals surface area (Å²) in [5.74, 6) is -4.10. The zero-order chi connectivity index (χ0) is 19.3. The molecule has 0 heterocycles. The van der Waals surface area contributed by atoms with Gasteiger partial charge in [-0.1, -0.05) is 0 Å². The molecule has 0 aliphatic heterocycles. The molecule has 26 heavy (non-hydrogen) atoms. The second-order valence-corrected chi connectivity index (χ2v) is 5.39. The molecule has 0 unspecified atom stereocenters. The maximum atomic E-state index is 12.8. The summed E-state index contributed by atoms with van der Waals surface area (Å²) >= 11 is 0. The first-order chi connectivity index (χ1) is 12.3. The lowest BCUT2D eigenvalue weighted by Gasteiger charge is -2.08. The highest BCUT2D eigenvalue weighted by molar-refractivity contribution is 6.01. The molecule has 0 aliphatic carbocycles. The molecule has 0 saturated heterocycles. The minimum Gasteiger partial charge on any atom is -0.478 e. The van der Waals surface area contributed by atoms with E-state index in [2.05, 4.69) is 5.32 Å². The van der Waals surface area contributed by atoms with Crippen molar-refractivity contribution < 1.29 is 33.8 Å². The number of carboxylic acid groups (broad SMARTS) is 2. The first-order valence-corrected chi connectivity index (χ1v) is 7.46. The molecule has 134 valence electrons. The number of carbonyl (C=O) groups is 4. The standard InChI is InChI=1S/C18H14FNO6/c19-13-3-1-10(2-4-13)15(21)5-6-16(22)20-14-8-11(17(23)24)7-12(9-14)18(25)26/h1-4,7-9H,5-6H2,(H,20,22)(H,23,24)(H,25,26).